The Balaban J connectivity index is 1.69. The number of aryl methyl sites for hydroxylation is 1. The van der Waals surface area contributed by atoms with E-state index in [2.05, 4.69) is 10.3 Å². The van der Waals surface area contributed by atoms with Gasteiger partial charge in [-0.1, -0.05) is 59.6 Å². The lowest BCUT2D eigenvalue weighted by Gasteiger charge is -2.09. The number of benzene rings is 3. The molecule has 0 unspecified atom stereocenters. The van der Waals surface area contributed by atoms with Crippen molar-refractivity contribution in [1.29, 1.82) is 0 Å². The molecule has 4 rings (SSSR count). The second kappa shape index (κ2) is 8.98. The molecule has 32 heavy (non-hydrogen) atoms. The van der Waals surface area contributed by atoms with Gasteiger partial charge in [-0.2, -0.15) is 0 Å². The predicted molar refractivity (Wildman–Crippen MR) is 126 cm³/mol. The molecule has 0 atom stereocenters. The maximum atomic E-state index is 13.2. The fourth-order valence-corrected chi connectivity index (χ4v) is 4.56. The summed E-state index contributed by atoms with van der Waals surface area (Å²) in [5.41, 5.74) is 3.43. The van der Waals surface area contributed by atoms with Gasteiger partial charge in [0.25, 0.3) is 0 Å². The van der Waals surface area contributed by atoms with Crippen molar-refractivity contribution in [2.45, 2.75) is 12.1 Å². The Morgan fingerprint density at radius 2 is 1.62 bits per heavy atom. The molecule has 0 spiro atoms. The molecular formula is C24H20ClN3O3S. The Morgan fingerprint density at radius 3 is 2.28 bits per heavy atom. The predicted octanol–water partition coefficient (Wildman–Crippen LogP) is 4.91. The molecule has 0 aliphatic rings. The lowest BCUT2D eigenvalue weighted by Crippen LogP contribution is -2.25. The largest absolute Gasteiger partial charge is 0.325 e. The lowest BCUT2D eigenvalue weighted by atomic mass is 10.2. The van der Waals surface area contributed by atoms with E-state index in [1.54, 1.807) is 30.5 Å². The number of nitrogens with one attached hydrogen (secondary N) is 1. The van der Waals surface area contributed by atoms with E-state index in [-0.39, 0.29) is 5.16 Å². The molecule has 1 N–H and O–H groups in total. The first-order valence-electron chi connectivity index (χ1n) is 9.82. The van der Waals surface area contributed by atoms with Crippen LogP contribution in [0.1, 0.15) is 5.56 Å². The Hall–Kier alpha value is -3.42. The first kappa shape index (κ1) is 21.8. The number of imidazole rings is 1. The smallest absolute Gasteiger partial charge is 0.240 e. The number of anilines is 1. The Morgan fingerprint density at radius 1 is 0.969 bits per heavy atom. The van der Waals surface area contributed by atoms with Crippen LogP contribution in [-0.2, 0) is 14.6 Å². The fraction of sp³-hybridized carbons (Fsp3) is 0.0833. The molecule has 0 fully saturated rings. The van der Waals surface area contributed by atoms with E-state index < -0.39 is 21.5 Å². The molecule has 162 valence electrons. The maximum absolute atomic E-state index is 13.2. The van der Waals surface area contributed by atoms with Crippen molar-refractivity contribution in [3.8, 4) is 16.9 Å². The third-order valence-corrected chi connectivity index (χ3v) is 6.52. The highest BCUT2D eigenvalue weighted by molar-refractivity contribution is 7.92. The van der Waals surface area contributed by atoms with Crippen LogP contribution >= 0.6 is 11.6 Å². The zero-order chi connectivity index (χ0) is 22.7. The molecule has 0 saturated heterocycles. The number of amides is 1. The SMILES string of the molecule is Cc1ccc(-n2cc(-c3ccccc3)nc2S(=O)(=O)CC(=O)Nc2ccc(Cl)cc2)cc1. The van der Waals surface area contributed by atoms with Crippen molar-refractivity contribution in [1.82, 2.24) is 9.55 Å². The standard InChI is InChI=1S/C24H20ClN3O3S/c1-17-7-13-21(14-8-17)28-15-22(18-5-3-2-4-6-18)27-24(28)32(30,31)16-23(29)26-20-11-9-19(25)10-12-20/h2-15H,16H2,1H3,(H,26,29). The second-order valence-electron chi connectivity index (χ2n) is 7.29. The maximum Gasteiger partial charge on any atom is 0.240 e. The number of halogens is 1. The monoisotopic (exact) mass is 465 g/mol. The molecule has 4 aromatic rings. The van der Waals surface area contributed by atoms with Crippen molar-refractivity contribution in [3.63, 3.8) is 0 Å². The molecule has 1 heterocycles. The molecule has 3 aromatic carbocycles. The van der Waals surface area contributed by atoms with Gasteiger partial charge in [0.05, 0.1) is 5.69 Å². The molecule has 0 aliphatic carbocycles. The van der Waals surface area contributed by atoms with Gasteiger partial charge in [-0.3, -0.25) is 9.36 Å². The lowest BCUT2D eigenvalue weighted by molar-refractivity contribution is -0.113. The highest BCUT2D eigenvalue weighted by Crippen LogP contribution is 2.25. The summed E-state index contributed by atoms with van der Waals surface area (Å²) in [6.45, 7) is 1.95. The summed E-state index contributed by atoms with van der Waals surface area (Å²) in [5.74, 6) is -1.40. The van der Waals surface area contributed by atoms with E-state index in [1.807, 2.05) is 61.5 Å². The zero-order valence-corrected chi connectivity index (χ0v) is 18.8. The van der Waals surface area contributed by atoms with Gasteiger partial charge in [-0.15, -0.1) is 0 Å². The highest BCUT2D eigenvalue weighted by atomic mass is 35.5. The minimum absolute atomic E-state index is 0.188. The first-order valence-corrected chi connectivity index (χ1v) is 11.8. The van der Waals surface area contributed by atoms with Crippen LogP contribution < -0.4 is 5.32 Å². The summed E-state index contributed by atoms with van der Waals surface area (Å²) < 4.78 is 28.0. The first-order chi connectivity index (χ1) is 15.3. The van der Waals surface area contributed by atoms with Gasteiger partial charge in [0.2, 0.25) is 20.9 Å². The molecule has 0 saturated carbocycles. The normalized spacial score (nSPS) is 11.3. The van der Waals surface area contributed by atoms with E-state index in [1.165, 1.54) is 4.57 Å². The number of carbonyl (C=O) groups excluding carboxylic acids is 1. The molecule has 0 radical (unpaired) electrons. The Labute approximate surface area is 191 Å². The summed E-state index contributed by atoms with van der Waals surface area (Å²) in [5, 5.41) is 2.92. The van der Waals surface area contributed by atoms with Crippen molar-refractivity contribution in [2.75, 3.05) is 11.1 Å². The third kappa shape index (κ3) is 4.90. The minimum Gasteiger partial charge on any atom is -0.325 e. The van der Waals surface area contributed by atoms with E-state index in [4.69, 9.17) is 11.6 Å². The summed E-state index contributed by atoms with van der Waals surface area (Å²) in [6.07, 6.45) is 1.67. The molecule has 1 amide bonds. The van der Waals surface area contributed by atoms with Crippen molar-refractivity contribution in [2.24, 2.45) is 0 Å². The van der Waals surface area contributed by atoms with Crippen LogP contribution in [0, 0.1) is 6.92 Å². The summed E-state index contributed by atoms with van der Waals surface area (Å²) in [6, 6.07) is 23.1. The second-order valence-corrected chi connectivity index (χ2v) is 9.61. The Kier molecular flexibility index (Phi) is 6.12. The number of hydrogen-bond donors (Lipinski definition) is 1. The van der Waals surface area contributed by atoms with Gasteiger partial charge in [0.1, 0.15) is 5.75 Å². The molecule has 8 heteroatoms. The van der Waals surface area contributed by atoms with Crippen LogP contribution in [0.25, 0.3) is 16.9 Å². The van der Waals surface area contributed by atoms with E-state index in [0.29, 0.717) is 22.1 Å². The highest BCUT2D eigenvalue weighted by Gasteiger charge is 2.27. The number of carbonyl (C=O) groups is 1. The summed E-state index contributed by atoms with van der Waals surface area (Å²) >= 11 is 5.85. The van der Waals surface area contributed by atoms with Gasteiger partial charge >= 0.3 is 0 Å². The quantitative estimate of drug-likeness (QED) is 0.438. The van der Waals surface area contributed by atoms with Crippen LogP contribution in [-0.4, -0.2) is 29.6 Å². The molecule has 6 nitrogen and oxygen atoms in total. The number of aromatic nitrogens is 2. The van der Waals surface area contributed by atoms with E-state index >= 15 is 0 Å². The van der Waals surface area contributed by atoms with Gasteiger partial charge < -0.3 is 5.32 Å². The van der Waals surface area contributed by atoms with Crippen LogP contribution in [0.2, 0.25) is 5.02 Å². The van der Waals surface area contributed by atoms with Gasteiger partial charge in [0, 0.05) is 28.2 Å². The number of hydrogen-bond acceptors (Lipinski definition) is 4. The van der Waals surface area contributed by atoms with Gasteiger partial charge in [-0.25, -0.2) is 13.4 Å². The number of rotatable bonds is 6. The van der Waals surface area contributed by atoms with E-state index in [9.17, 15) is 13.2 Å². The van der Waals surface area contributed by atoms with Crippen molar-refractivity contribution >= 4 is 33.0 Å². The third-order valence-electron chi connectivity index (χ3n) is 4.78. The van der Waals surface area contributed by atoms with Gasteiger partial charge in [0.15, 0.2) is 0 Å². The van der Waals surface area contributed by atoms with Gasteiger partial charge in [-0.05, 0) is 43.3 Å². The fourth-order valence-electron chi connectivity index (χ4n) is 3.19. The van der Waals surface area contributed by atoms with Crippen LogP contribution in [0.15, 0.2) is 90.2 Å². The van der Waals surface area contributed by atoms with Crippen LogP contribution in [0.3, 0.4) is 0 Å². The molecule has 0 bridgehead atoms. The van der Waals surface area contributed by atoms with Crippen LogP contribution in [0.5, 0.6) is 0 Å². The minimum atomic E-state index is -4.05. The summed E-state index contributed by atoms with van der Waals surface area (Å²) in [7, 11) is -4.05. The number of nitrogens with zero attached hydrogens (tertiary/aromatic N) is 2. The van der Waals surface area contributed by atoms with Crippen LogP contribution in [0.4, 0.5) is 5.69 Å². The topological polar surface area (TPSA) is 81.1 Å². The Bertz CT molecular complexity index is 1350. The molecule has 1 aromatic heterocycles. The number of sulfone groups is 1. The van der Waals surface area contributed by atoms with Crippen molar-refractivity contribution < 1.29 is 13.2 Å². The summed E-state index contributed by atoms with van der Waals surface area (Å²) in [4.78, 5) is 16.9. The van der Waals surface area contributed by atoms with E-state index in [0.717, 1.165) is 11.1 Å². The molecular weight excluding hydrogens is 446 g/mol. The average molecular weight is 466 g/mol. The molecule has 0 aliphatic heterocycles. The zero-order valence-electron chi connectivity index (χ0n) is 17.2. The average Bonchev–Trinajstić information content (AvgIpc) is 3.23. The van der Waals surface area contributed by atoms with Crippen molar-refractivity contribution in [3.05, 3.63) is 95.6 Å².